The smallest absolute Gasteiger partial charge is 0.227 e. The molecule has 116 valence electrons. The molecule has 1 aromatic rings. The quantitative estimate of drug-likeness (QED) is 0.889. The molecular weight excluding hydrogens is 262 g/mol. The molecule has 2 rings (SSSR count). The molecule has 1 amide bonds. The van der Waals surface area contributed by atoms with Crippen molar-refractivity contribution < 1.29 is 4.79 Å². The summed E-state index contributed by atoms with van der Waals surface area (Å²) in [4.78, 5) is 14.7. The Balaban J connectivity index is 2.08. The molecule has 1 aliphatic rings. The van der Waals surface area contributed by atoms with Crippen LogP contribution < -0.4 is 11.5 Å². The Morgan fingerprint density at radius 1 is 1.38 bits per heavy atom. The normalized spacial score (nSPS) is 25.4. The molecule has 4 N–H and O–H groups in total. The Bertz CT molecular complexity index is 462. The number of nitrogens with zero attached hydrogens (tertiary/aromatic N) is 1. The van der Waals surface area contributed by atoms with Gasteiger partial charge in [0.05, 0.1) is 5.92 Å². The van der Waals surface area contributed by atoms with Crippen molar-refractivity contribution in [3.8, 4) is 0 Å². The highest BCUT2D eigenvalue weighted by Gasteiger charge is 2.33. The summed E-state index contributed by atoms with van der Waals surface area (Å²) in [5, 5.41) is 0. The monoisotopic (exact) mass is 289 g/mol. The molecule has 1 fully saturated rings. The first-order chi connectivity index (χ1) is 10.0. The number of benzene rings is 1. The fourth-order valence-corrected chi connectivity index (χ4v) is 3.14. The molecule has 0 spiro atoms. The molecule has 4 nitrogen and oxygen atoms in total. The van der Waals surface area contributed by atoms with E-state index in [-0.39, 0.29) is 23.9 Å². The number of likely N-dealkylation sites (tertiary alicyclic amines) is 1. The zero-order chi connectivity index (χ0) is 15.4. The van der Waals surface area contributed by atoms with Crippen LogP contribution in [0.2, 0.25) is 0 Å². The van der Waals surface area contributed by atoms with Crippen LogP contribution in [0.4, 0.5) is 0 Å². The Morgan fingerprint density at radius 2 is 2.05 bits per heavy atom. The molecule has 4 atom stereocenters. The number of hydrogen-bond donors (Lipinski definition) is 2. The van der Waals surface area contributed by atoms with Crippen molar-refractivity contribution in [2.24, 2.45) is 23.3 Å². The standard InChI is InChI=1S/C17H27N3O/c1-12-8-9-20(15(10-12)11-18)17(21)13(2)16(19)14-6-4-3-5-7-14/h3-7,12-13,15-16H,8-11,18-19H2,1-2H3. The first-order valence-corrected chi connectivity index (χ1v) is 7.85. The number of piperidine rings is 1. The van der Waals surface area contributed by atoms with E-state index in [2.05, 4.69) is 6.92 Å². The Morgan fingerprint density at radius 3 is 2.67 bits per heavy atom. The van der Waals surface area contributed by atoms with Gasteiger partial charge in [0, 0.05) is 25.2 Å². The van der Waals surface area contributed by atoms with Gasteiger partial charge < -0.3 is 16.4 Å². The third-order valence-electron chi connectivity index (χ3n) is 4.65. The molecule has 4 unspecified atom stereocenters. The molecule has 0 radical (unpaired) electrons. The second-order valence-corrected chi connectivity index (χ2v) is 6.28. The van der Waals surface area contributed by atoms with Gasteiger partial charge in [0.1, 0.15) is 0 Å². The number of amides is 1. The van der Waals surface area contributed by atoms with Gasteiger partial charge >= 0.3 is 0 Å². The fraction of sp³-hybridized carbons (Fsp3) is 0.588. The summed E-state index contributed by atoms with van der Waals surface area (Å²) in [5.41, 5.74) is 13.1. The predicted octanol–water partition coefficient (Wildman–Crippen LogP) is 1.91. The zero-order valence-electron chi connectivity index (χ0n) is 13.0. The average Bonchev–Trinajstić information content (AvgIpc) is 2.53. The zero-order valence-corrected chi connectivity index (χ0v) is 13.0. The molecule has 0 aliphatic carbocycles. The minimum absolute atomic E-state index is 0.133. The number of carbonyl (C=O) groups excluding carboxylic acids is 1. The minimum Gasteiger partial charge on any atom is -0.338 e. The van der Waals surface area contributed by atoms with Gasteiger partial charge in [-0.05, 0) is 24.3 Å². The summed E-state index contributed by atoms with van der Waals surface area (Å²) in [6.07, 6.45) is 2.05. The average molecular weight is 289 g/mol. The number of carbonyl (C=O) groups is 1. The van der Waals surface area contributed by atoms with Crippen LogP contribution in [0.5, 0.6) is 0 Å². The van der Waals surface area contributed by atoms with Gasteiger partial charge in [0.25, 0.3) is 0 Å². The van der Waals surface area contributed by atoms with Gasteiger partial charge in [-0.25, -0.2) is 0 Å². The minimum atomic E-state index is -0.267. The number of hydrogen-bond acceptors (Lipinski definition) is 3. The van der Waals surface area contributed by atoms with E-state index < -0.39 is 0 Å². The van der Waals surface area contributed by atoms with Crippen molar-refractivity contribution in [2.75, 3.05) is 13.1 Å². The van der Waals surface area contributed by atoms with Crippen LogP contribution in [0.3, 0.4) is 0 Å². The fourth-order valence-electron chi connectivity index (χ4n) is 3.14. The first kappa shape index (κ1) is 16.0. The van der Waals surface area contributed by atoms with E-state index in [1.165, 1.54) is 0 Å². The molecule has 0 aromatic heterocycles. The SMILES string of the molecule is CC1CCN(C(=O)C(C)C(N)c2ccccc2)C(CN)C1. The van der Waals surface area contributed by atoms with Crippen LogP contribution in [0.25, 0.3) is 0 Å². The summed E-state index contributed by atoms with van der Waals surface area (Å²) in [6, 6.07) is 9.72. The number of rotatable bonds is 4. The molecule has 21 heavy (non-hydrogen) atoms. The lowest BCUT2D eigenvalue weighted by Crippen LogP contribution is -2.52. The summed E-state index contributed by atoms with van der Waals surface area (Å²) < 4.78 is 0. The summed E-state index contributed by atoms with van der Waals surface area (Å²) in [6.45, 7) is 5.48. The molecule has 0 saturated carbocycles. The van der Waals surface area contributed by atoms with Crippen molar-refractivity contribution in [2.45, 2.75) is 38.8 Å². The van der Waals surface area contributed by atoms with Gasteiger partial charge in [0.2, 0.25) is 5.91 Å². The highest BCUT2D eigenvalue weighted by atomic mass is 16.2. The van der Waals surface area contributed by atoms with E-state index in [4.69, 9.17) is 11.5 Å². The van der Waals surface area contributed by atoms with Gasteiger partial charge in [-0.2, -0.15) is 0 Å². The molecule has 1 aliphatic heterocycles. The molecule has 1 heterocycles. The van der Waals surface area contributed by atoms with Crippen LogP contribution in [0.1, 0.15) is 38.3 Å². The number of nitrogens with two attached hydrogens (primary N) is 2. The molecule has 4 heteroatoms. The topological polar surface area (TPSA) is 72.3 Å². The second-order valence-electron chi connectivity index (χ2n) is 6.28. The van der Waals surface area contributed by atoms with E-state index in [0.29, 0.717) is 12.5 Å². The van der Waals surface area contributed by atoms with Crippen LogP contribution >= 0.6 is 0 Å². The van der Waals surface area contributed by atoms with Gasteiger partial charge in [-0.3, -0.25) is 4.79 Å². The third-order valence-corrected chi connectivity index (χ3v) is 4.65. The van der Waals surface area contributed by atoms with Gasteiger partial charge in [0.15, 0.2) is 0 Å². The van der Waals surface area contributed by atoms with Crippen LogP contribution in [0.15, 0.2) is 30.3 Å². The lowest BCUT2D eigenvalue weighted by Gasteiger charge is -2.40. The van der Waals surface area contributed by atoms with Crippen molar-refractivity contribution in [1.82, 2.24) is 4.90 Å². The summed E-state index contributed by atoms with van der Waals surface area (Å²) >= 11 is 0. The predicted molar refractivity (Wildman–Crippen MR) is 85.5 cm³/mol. The van der Waals surface area contributed by atoms with E-state index in [1.54, 1.807) is 0 Å². The van der Waals surface area contributed by atoms with E-state index in [1.807, 2.05) is 42.2 Å². The second kappa shape index (κ2) is 7.05. The van der Waals surface area contributed by atoms with E-state index in [9.17, 15) is 4.79 Å². The third kappa shape index (κ3) is 3.63. The Kier molecular flexibility index (Phi) is 5.37. The van der Waals surface area contributed by atoms with Gasteiger partial charge in [-0.1, -0.05) is 44.2 Å². The largest absolute Gasteiger partial charge is 0.338 e. The summed E-state index contributed by atoms with van der Waals surface area (Å²) in [7, 11) is 0. The van der Waals surface area contributed by atoms with Crippen LogP contribution in [0, 0.1) is 11.8 Å². The maximum absolute atomic E-state index is 12.8. The molecule has 1 aromatic carbocycles. The molecule has 1 saturated heterocycles. The van der Waals surface area contributed by atoms with Crippen LogP contribution in [-0.2, 0) is 4.79 Å². The van der Waals surface area contributed by atoms with E-state index in [0.717, 1.165) is 24.9 Å². The Hall–Kier alpha value is -1.39. The van der Waals surface area contributed by atoms with Crippen LogP contribution in [-0.4, -0.2) is 29.9 Å². The lowest BCUT2D eigenvalue weighted by molar-refractivity contribution is -0.139. The highest BCUT2D eigenvalue weighted by molar-refractivity contribution is 5.80. The first-order valence-electron chi connectivity index (χ1n) is 7.85. The van der Waals surface area contributed by atoms with Crippen molar-refractivity contribution in [3.63, 3.8) is 0 Å². The van der Waals surface area contributed by atoms with Gasteiger partial charge in [-0.15, -0.1) is 0 Å². The lowest BCUT2D eigenvalue weighted by atomic mass is 9.89. The summed E-state index contributed by atoms with van der Waals surface area (Å²) in [5.74, 6) is 0.546. The van der Waals surface area contributed by atoms with Crippen molar-refractivity contribution >= 4 is 5.91 Å². The van der Waals surface area contributed by atoms with E-state index >= 15 is 0 Å². The maximum Gasteiger partial charge on any atom is 0.227 e. The van der Waals surface area contributed by atoms with Crippen molar-refractivity contribution in [1.29, 1.82) is 0 Å². The molecule has 0 bridgehead atoms. The van der Waals surface area contributed by atoms with Crippen molar-refractivity contribution in [3.05, 3.63) is 35.9 Å². The maximum atomic E-state index is 12.8. The Labute approximate surface area is 127 Å². The molecular formula is C17H27N3O. The highest BCUT2D eigenvalue weighted by Crippen LogP contribution is 2.27.